The minimum atomic E-state index is -0.117. The van der Waals surface area contributed by atoms with Crippen LogP contribution in [0.4, 0.5) is 0 Å². The summed E-state index contributed by atoms with van der Waals surface area (Å²) in [4.78, 5) is 23.2. The number of hydrogen-bond donors (Lipinski definition) is 1. The van der Waals surface area contributed by atoms with E-state index in [-0.39, 0.29) is 5.56 Å². The Balaban J connectivity index is 2.71. The minimum Gasteiger partial charge on any atom is -0.329 e. The van der Waals surface area contributed by atoms with E-state index < -0.39 is 0 Å². The lowest BCUT2D eigenvalue weighted by molar-refractivity contribution is -0.107. The van der Waals surface area contributed by atoms with Gasteiger partial charge in [0.25, 0.3) is 0 Å². The first-order valence-electron chi connectivity index (χ1n) is 3.44. The van der Waals surface area contributed by atoms with Crippen LogP contribution in [0.3, 0.4) is 0 Å². The van der Waals surface area contributed by atoms with Gasteiger partial charge in [0.05, 0.1) is 0 Å². The lowest BCUT2D eigenvalue weighted by atomic mass is 10.2. The first-order chi connectivity index (χ1) is 5.33. The number of hydrogen-bond acceptors (Lipinski definition) is 2. The molecule has 0 spiro atoms. The lowest BCUT2D eigenvalue weighted by Gasteiger charge is -1.93. The van der Waals surface area contributed by atoms with Crippen LogP contribution >= 0.6 is 0 Å². The largest absolute Gasteiger partial charge is 0.329 e. The topological polar surface area (TPSA) is 49.9 Å². The van der Waals surface area contributed by atoms with Crippen molar-refractivity contribution in [3.63, 3.8) is 0 Å². The van der Waals surface area contributed by atoms with Crippen LogP contribution < -0.4 is 5.56 Å². The third-order valence-electron chi connectivity index (χ3n) is 1.39. The Morgan fingerprint density at radius 1 is 1.55 bits per heavy atom. The van der Waals surface area contributed by atoms with Crippen LogP contribution in [0.15, 0.2) is 23.1 Å². The van der Waals surface area contributed by atoms with Gasteiger partial charge in [0.1, 0.15) is 6.29 Å². The van der Waals surface area contributed by atoms with Crippen LogP contribution in [-0.4, -0.2) is 11.3 Å². The number of pyridine rings is 1. The highest BCUT2D eigenvalue weighted by Gasteiger charge is 1.91. The normalized spacial score (nSPS) is 9.45. The SMILES string of the molecule is O=CCCc1cc[nH]c(=O)c1. The van der Waals surface area contributed by atoms with E-state index in [1.165, 1.54) is 6.07 Å². The van der Waals surface area contributed by atoms with Crippen LogP contribution in [0.1, 0.15) is 12.0 Å². The zero-order chi connectivity index (χ0) is 8.10. The molecule has 0 saturated carbocycles. The van der Waals surface area contributed by atoms with Gasteiger partial charge in [-0.25, -0.2) is 0 Å². The summed E-state index contributed by atoms with van der Waals surface area (Å²) in [7, 11) is 0. The molecule has 0 aliphatic carbocycles. The predicted octanol–water partition coefficient (Wildman–Crippen LogP) is 0.506. The molecule has 0 amide bonds. The fourth-order valence-corrected chi connectivity index (χ4v) is 0.870. The average molecular weight is 151 g/mol. The molecule has 1 heterocycles. The number of aldehydes is 1. The van der Waals surface area contributed by atoms with E-state index in [0.29, 0.717) is 12.8 Å². The van der Waals surface area contributed by atoms with Gasteiger partial charge in [-0.2, -0.15) is 0 Å². The van der Waals surface area contributed by atoms with Crippen molar-refractivity contribution in [3.05, 3.63) is 34.2 Å². The molecular weight excluding hydrogens is 142 g/mol. The Morgan fingerprint density at radius 2 is 2.36 bits per heavy atom. The van der Waals surface area contributed by atoms with Gasteiger partial charge in [0.2, 0.25) is 5.56 Å². The van der Waals surface area contributed by atoms with E-state index in [1.54, 1.807) is 12.3 Å². The molecule has 58 valence electrons. The molecule has 3 nitrogen and oxygen atoms in total. The number of aromatic nitrogens is 1. The number of aromatic amines is 1. The van der Waals surface area contributed by atoms with E-state index in [9.17, 15) is 9.59 Å². The molecule has 0 fully saturated rings. The highest BCUT2D eigenvalue weighted by Crippen LogP contribution is 1.95. The second-order valence-electron chi connectivity index (χ2n) is 2.27. The van der Waals surface area contributed by atoms with Crippen LogP contribution in [0.2, 0.25) is 0 Å². The zero-order valence-electron chi connectivity index (χ0n) is 6.04. The Hall–Kier alpha value is -1.38. The lowest BCUT2D eigenvalue weighted by Crippen LogP contribution is -2.03. The second kappa shape index (κ2) is 3.71. The summed E-state index contributed by atoms with van der Waals surface area (Å²) < 4.78 is 0. The Morgan fingerprint density at radius 3 is 3.00 bits per heavy atom. The zero-order valence-corrected chi connectivity index (χ0v) is 6.04. The molecule has 0 bridgehead atoms. The van der Waals surface area contributed by atoms with Crippen molar-refractivity contribution in [2.24, 2.45) is 0 Å². The van der Waals surface area contributed by atoms with Gasteiger partial charge < -0.3 is 9.78 Å². The maximum atomic E-state index is 10.7. The van der Waals surface area contributed by atoms with Crippen molar-refractivity contribution >= 4 is 6.29 Å². The molecule has 1 aromatic rings. The van der Waals surface area contributed by atoms with E-state index in [0.717, 1.165) is 11.8 Å². The number of rotatable bonds is 3. The van der Waals surface area contributed by atoms with Gasteiger partial charge in [-0.1, -0.05) is 0 Å². The molecule has 0 radical (unpaired) electrons. The van der Waals surface area contributed by atoms with Gasteiger partial charge >= 0.3 is 0 Å². The molecule has 3 heteroatoms. The second-order valence-corrected chi connectivity index (χ2v) is 2.27. The van der Waals surface area contributed by atoms with E-state index in [1.807, 2.05) is 0 Å². The molecule has 0 unspecified atom stereocenters. The number of H-pyrrole nitrogens is 1. The van der Waals surface area contributed by atoms with E-state index in [4.69, 9.17) is 0 Å². The number of carbonyl (C=O) groups excluding carboxylic acids is 1. The van der Waals surface area contributed by atoms with E-state index in [2.05, 4.69) is 4.98 Å². The Labute approximate surface area is 64.1 Å². The first-order valence-corrected chi connectivity index (χ1v) is 3.44. The van der Waals surface area contributed by atoms with Gasteiger partial charge in [-0.15, -0.1) is 0 Å². The van der Waals surface area contributed by atoms with Gasteiger partial charge in [0.15, 0.2) is 0 Å². The highest BCUT2D eigenvalue weighted by atomic mass is 16.1. The predicted molar refractivity (Wildman–Crippen MR) is 41.4 cm³/mol. The Kier molecular flexibility index (Phi) is 2.60. The fraction of sp³-hybridized carbons (Fsp3) is 0.250. The molecule has 0 atom stereocenters. The third kappa shape index (κ3) is 2.37. The summed E-state index contributed by atoms with van der Waals surface area (Å²) in [5.74, 6) is 0. The van der Waals surface area contributed by atoms with Gasteiger partial charge in [0, 0.05) is 18.7 Å². The summed E-state index contributed by atoms with van der Waals surface area (Å²) in [6.45, 7) is 0. The molecular formula is C8H9NO2. The van der Waals surface area contributed by atoms with Crippen LogP contribution in [-0.2, 0) is 11.2 Å². The standard InChI is InChI=1S/C8H9NO2/c10-5-1-2-7-3-4-9-8(11)6-7/h3-6H,1-2H2,(H,9,11). The molecule has 1 N–H and O–H groups in total. The van der Waals surface area contributed by atoms with Crippen LogP contribution in [0.25, 0.3) is 0 Å². The first kappa shape index (κ1) is 7.72. The van der Waals surface area contributed by atoms with Crippen molar-refractivity contribution in [2.75, 3.05) is 0 Å². The minimum absolute atomic E-state index is 0.117. The highest BCUT2D eigenvalue weighted by molar-refractivity contribution is 5.49. The molecule has 1 aromatic heterocycles. The van der Waals surface area contributed by atoms with Crippen molar-refractivity contribution < 1.29 is 4.79 Å². The Bertz CT molecular complexity index is 290. The smallest absolute Gasteiger partial charge is 0.248 e. The quantitative estimate of drug-likeness (QED) is 0.640. The fourth-order valence-electron chi connectivity index (χ4n) is 0.870. The summed E-state index contributed by atoms with van der Waals surface area (Å²) in [5.41, 5.74) is 0.786. The maximum absolute atomic E-state index is 10.7. The summed E-state index contributed by atoms with van der Waals surface area (Å²) in [6.07, 6.45) is 3.56. The number of nitrogens with one attached hydrogen (secondary N) is 1. The maximum Gasteiger partial charge on any atom is 0.248 e. The summed E-state index contributed by atoms with van der Waals surface area (Å²) >= 11 is 0. The number of carbonyl (C=O) groups is 1. The molecule has 0 aromatic carbocycles. The summed E-state index contributed by atoms with van der Waals surface area (Å²) in [6, 6.07) is 3.30. The number of aryl methyl sites for hydroxylation is 1. The summed E-state index contributed by atoms with van der Waals surface area (Å²) in [5, 5.41) is 0. The van der Waals surface area contributed by atoms with Crippen LogP contribution in [0, 0.1) is 0 Å². The molecule has 0 aliphatic rings. The van der Waals surface area contributed by atoms with Crippen molar-refractivity contribution in [1.82, 2.24) is 4.98 Å². The molecule has 11 heavy (non-hydrogen) atoms. The average Bonchev–Trinajstić information content (AvgIpc) is 2.01. The monoisotopic (exact) mass is 151 g/mol. The molecule has 0 aliphatic heterocycles. The van der Waals surface area contributed by atoms with Crippen LogP contribution in [0.5, 0.6) is 0 Å². The van der Waals surface area contributed by atoms with Gasteiger partial charge in [-0.05, 0) is 18.1 Å². The van der Waals surface area contributed by atoms with E-state index >= 15 is 0 Å². The molecule has 0 saturated heterocycles. The van der Waals surface area contributed by atoms with Gasteiger partial charge in [-0.3, -0.25) is 4.79 Å². The molecule has 1 rings (SSSR count). The van der Waals surface area contributed by atoms with Crippen molar-refractivity contribution in [1.29, 1.82) is 0 Å². The van der Waals surface area contributed by atoms with Crippen molar-refractivity contribution in [3.8, 4) is 0 Å². The third-order valence-corrected chi connectivity index (χ3v) is 1.39. The van der Waals surface area contributed by atoms with Crippen molar-refractivity contribution in [2.45, 2.75) is 12.8 Å².